The van der Waals surface area contributed by atoms with E-state index in [1.807, 2.05) is 30.3 Å². The lowest BCUT2D eigenvalue weighted by atomic mass is 10.2. The van der Waals surface area contributed by atoms with Gasteiger partial charge in [-0.15, -0.1) is 10.2 Å². The molecule has 6 heteroatoms. The molecule has 3 aromatic rings. The molecule has 1 atom stereocenters. The lowest BCUT2D eigenvalue weighted by molar-refractivity contribution is 0.0273. The zero-order valence-electron chi connectivity index (χ0n) is 11.8. The van der Waals surface area contributed by atoms with E-state index in [1.165, 1.54) is 6.20 Å². The van der Waals surface area contributed by atoms with Crippen LogP contribution in [0.5, 0.6) is 0 Å². The van der Waals surface area contributed by atoms with Crippen molar-refractivity contribution in [3.8, 4) is 11.5 Å². The number of ether oxygens (including phenoxy) is 1. The Labute approximate surface area is 126 Å². The van der Waals surface area contributed by atoms with E-state index in [0.29, 0.717) is 5.89 Å². The minimum atomic E-state index is -0.653. The molecule has 0 N–H and O–H groups in total. The van der Waals surface area contributed by atoms with Gasteiger partial charge >= 0.3 is 5.97 Å². The van der Waals surface area contributed by atoms with Gasteiger partial charge in [0.25, 0.3) is 5.89 Å². The van der Waals surface area contributed by atoms with Gasteiger partial charge in [0.05, 0.1) is 0 Å². The van der Waals surface area contributed by atoms with Crippen LogP contribution in [0.4, 0.5) is 0 Å². The summed E-state index contributed by atoms with van der Waals surface area (Å²) in [4.78, 5) is 15.9. The normalized spacial score (nSPS) is 11.9. The monoisotopic (exact) mass is 295 g/mol. The fourth-order valence-electron chi connectivity index (χ4n) is 1.85. The van der Waals surface area contributed by atoms with Crippen molar-refractivity contribution < 1.29 is 13.9 Å². The number of carbonyl (C=O) groups excluding carboxylic acids is 1. The highest BCUT2D eigenvalue weighted by molar-refractivity contribution is 5.87. The van der Waals surface area contributed by atoms with Gasteiger partial charge in [0.15, 0.2) is 6.10 Å². The fraction of sp³-hybridized carbons (Fsp3) is 0.125. The first-order valence-corrected chi connectivity index (χ1v) is 6.75. The molecule has 0 fully saturated rings. The van der Waals surface area contributed by atoms with Crippen LogP contribution in [0.1, 0.15) is 29.4 Å². The molecule has 110 valence electrons. The van der Waals surface area contributed by atoms with Crippen molar-refractivity contribution in [3.63, 3.8) is 0 Å². The number of esters is 1. The molecule has 0 amide bonds. The van der Waals surface area contributed by atoms with Crippen molar-refractivity contribution in [1.82, 2.24) is 15.2 Å². The number of pyridine rings is 1. The van der Waals surface area contributed by atoms with Gasteiger partial charge in [-0.05, 0) is 31.2 Å². The van der Waals surface area contributed by atoms with Gasteiger partial charge < -0.3 is 9.15 Å². The predicted octanol–water partition coefficient (Wildman–Crippen LogP) is 3.05. The zero-order chi connectivity index (χ0) is 15.4. The van der Waals surface area contributed by atoms with Crippen LogP contribution in [0, 0.1) is 0 Å². The Morgan fingerprint density at radius 3 is 2.59 bits per heavy atom. The third-order valence-electron chi connectivity index (χ3n) is 2.97. The van der Waals surface area contributed by atoms with E-state index in [0.717, 1.165) is 5.56 Å². The Bertz CT molecular complexity index is 757. The van der Waals surface area contributed by atoms with E-state index in [4.69, 9.17) is 9.15 Å². The summed E-state index contributed by atoms with van der Waals surface area (Å²) in [6.07, 6.45) is 0.876. The maximum Gasteiger partial charge on any atom is 0.357 e. The molecule has 22 heavy (non-hydrogen) atoms. The molecule has 0 aliphatic rings. The highest BCUT2D eigenvalue weighted by Gasteiger charge is 2.20. The van der Waals surface area contributed by atoms with Crippen LogP contribution < -0.4 is 0 Å². The maximum atomic E-state index is 11.9. The van der Waals surface area contributed by atoms with Crippen LogP contribution in [0.15, 0.2) is 59.1 Å². The predicted molar refractivity (Wildman–Crippen MR) is 77.8 cm³/mol. The maximum absolute atomic E-state index is 11.9. The summed E-state index contributed by atoms with van der Waals surface area (Å²) in [5.41, 5.74) is 1.04. The second-order valence-corrected chi connectivity index (χ2v) is 4.57. The number of carbonyl (C=O) groups is 1. The molecule has 0 bridgehead atoms. The van der Waals surface area contributed by atoms with Crippen molar-refractivity contribution in [2.75, 3.05) is 0 Å². The molecule has 0 radical (unpaired) electrons. The first-order valence-electron chi connectivity index (χ1n) is 6.75. The molecular weight excluding hydrogens is 282 g/mol. The number of rotatable bonds is 4. The van der Waals surface area contributed by atoms with Crippen molar-refractivity contribution >= 4 is 5.97 Å². The summed E-state index contributed by atoms with van der Waals surface area (Å²) in [6, 6.07) is 14.4. The first kappa shape index (κ1) is 13.9. The molecule has 1 aromatic carbocycles. The summed E-state index contributed by atoms with van der Waals surface area (Å²) in [6.45, 7) is 1.67. The minimum Gasteiger partial charge on any atom is -0.448 e. The number of aromatic nitrogens is 3. The van der Waals surface area contributed by atoms with Crippen molar-refractivity contribution in [3.05, 3.63) is 66.3 Å². The van der Waals surface area contributed by atoms with Crippen molar-refractivity contribution in [1.29, 1.82) is 0 Å². The molecule has 2 heterocycles. The van der Waals surface area contributed by atoms with Gasteiger partial charge in [0.1, 0.15) is 5.69 Å². The summed E-state index contributed by atoms with van der Waals surface area (Å²) in [7, 11) is 0. The molecule has 0 aliphatic carbocycles. The molecule has 3 rings (SSSR count). The van der Waals surface area contributed by atoms with Crippen LogP contribution >= 0.6 is 0 Å². The topological polar surface area (TPSA) is 78.1 Å². The van der Waals surface area contributed by atoms with E-state index in [9.17, 15) is 4.79 Å². The molecule has 0 spiro atoms. The molecule has 0 saturated carbocycles. The molecule has 0 aliphatic heterocycles. The quantitative estimate of drug-likeness (QED) is 0.688. The number of nitrogens with zero attached hydrogens (tertiary/aromatic N) is 3. The van der Waals surface area contributed by atoms with E-state index in [-0.39, 0.29) is 11.6 Å². The second-order valence-electron chi connectivity index (χ2n) is 4.57. The SMILES string of the molecule is C[C@@H](OC(=O)c1ccccn1)c1nnc(-c2ccccc2)o1. The fourth-order valence-corrected chi connectivity index (χ4v) is 1.85. The smallest absolute Gasteiger partial charge is 0.357 e. The molecule has 6 nitrogen and oxygen atoms in total. The third-order valence-corrected chi connectivity index (χ3v) is 2.97. The highest BCUT2D eigenvalue weighted by atomic mass is 16.6. The second kappa shape index (κ2) is 6.17. The van der Waals surface area contributed by atoms with Gasteiger partial charge in [-0.25, -0.2) is 9.78 Å². The Morgan fingerprint density at radius 2 is 1.86 bits per heavy atom. The van der Waals surface area contributed by atoms with Gasteiger partial charge in [-0.3, -0.25) is 0 Å². The lowest BCUT2D eigenvalue weighted by Crippen LogP contribution is -2.10. The molecule has 0 saturated heterocycles. The summed E-state index contributed by atoms with van der Waals surface area (Å²) in [5.74, 6) is 0.0898. The third kappa shape index (κ3) is 3.01. The highest BCUT2D eigenvalue weighted by Crippen LogP contribution is 2.22. The van der Waals surface area contributed by atoms with Gasteiger partial charge in [0, 0.05) is 11.8 Å². The Hall–Kier alpha value is -3.02. The van der Waals surface area contributed by atoms with E-state index in [1.54, 1.807) is 25.1 Å². The van der Waals surface area contributed by atoms with Crippen molar-refractivity contribution in [2.45, 2.75) is 13.0 Å². The van der Waals surface area contributed by atoms with E-state index in [2.05, 4.69) is 15.2 Å². The molecular formula is C16H13N3O3. The van der Waals surface area contributed by atoms with E-state index >= 15 is 0 Å². The van der Waals surface area contributed by atoms with Gasteiger partial charge in [0.2, 0.25) is 5.89 Å². The Balaban J connectivity index is 1.72. The summed E-state index contributed by atoms with van der Waals surface area (Å²) >= 11 is 0. The lowest BCUT2D eigenvalue weighted by Gasteiger charge is -2.08. The van der Waals surface area contributed by atoms with Crippen molar-refractivity contribution in [2.24, 2.45) is 0 Å². The van der Waals surface area contributed by atoms with E-state index < -0.39 is 12.1 Å². The van der Waals surface area contributed by atoms with Crippen LogP contribution in [-0.4, -0.2) is 21.2 Å². The number of benzene rings is 1. The number of hydrogen-bond donors (Lipinski definition) is 0. The van der Waals surface area contributed by atoms with Crippen LogP contribution in [0.25, 0.3) is 11.5 Å². The average Bonchev–Trinajstić information content (AvgIpc) is 3.06. The Morgan fingerprint density at radius 1 is 1.09 bits per heavy atom. The standard InChI is InChI=1S/C16H13N3O3/c1-11(21-16(20)13-9-5-6-10-17-13)14-18-19-15(22-14)12-7-3-2-4-8-12/h2-11H,1H3/t11-/m1/s1. The largest absolute Gasteiger partial charge is 0.448 e. The number of hydrogen-bond acceptors (Lipinski definition) is 6. The zero-order valence-corrected chi connectivity index (χ0v) is 11.8. The van der Waals surface area contributed by atoms with Crippen LogP contribution in [0.2, 0.25) is 0 Å². The molecule has 0 unspecified atom stereocenters. The molecule has 2 aromatic heterocycles. The van der Waals surface area contributed by atoms with Crippen LogP contribution in [0.3, 0.4) is 0 Å². The Kier molecular flexibility index (Phi) is 3.91. The first-order chi connectivity index (χ1) is 10.7. The minimum absolute atomic E-state index is 0.233. The average molecular weight is 295 g/mol. The van der Waals surface area contributed by atoms with Gasteiger partial charge in [-0.2, -0.15) is 0 Å². The van der Waals surface area contributed by atoms with Crippen LogP contribution in [-0.2, 0) is 4.74 Å². The summed E-state index contributed by atoms with van der Waals surface area (Å²) in [5, 5.41) is 7.89. The van der Waals surface area contributed by atoms with Gasteiger partial charge in [-0.1, -0.05) is 24.3 Å². The summed E-state index contributed by atoms with van der Waals surface area (Å²) < 4.78 is 10.8.